The summed E-state index contributed by atoms with van der Waals surface area (Å²) in [6, 6.07) is 0.218. The second-order valence-corrected chi connectivity index (χ2v) is 4.08. The Hall–Kier alpha value is -0.980. The van der Waals surface area contributed by atoms with Crippen molar-refractivity contribution in [2.45, 2.75) is 39.0 Å². The third-order valence-corrected chi connectivity index (χ3v) is 2.89. The molecule has 0 aromatic carbocycles. The SMILES string of the molecule is COCCC(C)n1nnc(CN)c1C(C)OC. The summed E-state index contributed by atoms with van der Waals surface area (Å²) in [7, 11) is 3.36. The molecule has 6 nitrogen and oxygen atoms in total. The van der Waals surface area contributed by atoms with Gasteiger partial charge in [0.25, 0.3) is 0 Å². The number of ether oxygens (including phenoxy) is 2. The lowest BCUT2D eigenvalue weighted by molar-refractivity contribution is 0.107. The number of hydrogen-bond acceptors (Lipinski definition) is 5. The van der Waals surface area contributed by atoms with Crippen molar-refractivity contribution >= 4 is 0 Å². The monoisotopic (exact) mass is 242 g/mol. The predicted molar refractivity (Wildman–Crippen MR) is 64.5 cm³/mol. The van der Waals surface area contributed by atoms with Gasteiger partial charge in [-0.3, -0.25) is 0 Å². The highest BCUT2D eigenvalue weighted by atomic mass is 16.5. The van der Waals surface area contributed by atoms with Gasteiger partial charge >= 0.3 is 0 Å². The summed E-state index contributed by atoms with van der Waals surface area (Å²) in [5.74, 6) is 0. The number of nitrogens with zero attached hydrogens (tertiary/aromatic N) is 3. The zero-order valence-corrected chi connectivity index (χ0v) is 11.0. The Balaban J connectivity index is 2.94. The Kier molecular flexibility index (Phi) is 5.54. The number of methoxy groups -OCH3 is 2. The van der Waals surface area contributed by atoms with E-state index >= 15 is 0 Å². The molecule has 0 amide bonds. The van der Waals surface area contributed by atoms with Gasteiger partial charge in [-0.05, 0) is 20.3 Å². The molecule has 0 bridgehead atoms. The van der Waals surface area contributed by atoms with Gasteiger partial charge < -0.3 is 15.2 Å². The van der Waals surface area contributed by atoms with Crippen LogP contribution in [0.25, 0.3) is 0 Å². The van der Waals surface area contributed by atoms with Crippen molar-refractivity contribution in [2.24, 2.45) is 5.73 Å². The molecule has 1 rings (SSSR count). The van der Waals surface area contributed by atoms with Crippen LogP contribution in [0.3, 0.4) is 0 Å². The molecule has 1 heterocycles. The van der Waals surface area contributed by atoms with E-state index in [4.69, 9.17) is 15.2 Å². The zero-order chi connectivity index (χ0) is 12.8. The summed E-state index contributed by atoms with van der Waals surface area (Å²) < 4.78 is 12.3. The Morgan fingerprint density at radius 3 is 2.59 bits per heavy atom. The third-order valence-electron chi connectivity index (χ3n) is 2.89. The van der Waals surface area contributed by atoms with Crippen molar-refractivity contribution < 1.29 is 9.47 Å². The third kappa shape index (κ3) is 3.24. The van der Waals surface area contributed by atoms with Crippen LogP contribution in [-0.4, -0.2) is 35.8 Å². The minimum absolute atomic E-state index is 0.0615. The van der Waals surface area contributed by atoms with E-state index in [0.29, 0.717) is 13.2 Å². The molecule has 2 unspecified atom stereocenters. The molecular formula is C11H22N4O2. The zero-order valence-electron chi connectivity index (χ0n) is 11.0. The van der Waals surface area contributed by atoms with Crippen LogP contribution in [0.5, 0.6) is 0 Å². The molecule has 0 radical (unpaired) electrons. The number of rotatable bonds is 7. The van der Waals surface area contributed by atoms with Crippen LogP contribution < -0.4 is 5.73 Å². The topological polar surface area (TPSA) is 75.2 Å². The van der Waals surface area contributed by atoms with E-state index in [2.05, 4.69) is 17.2 Å². The van der Waals surface area contributed by atoms with Gasteiger partial charge in [0.15, 0.2) is 0 Å². The molecule has 0 aliphatic rings. The van der Waals surface area contributed by atoms with E-state index in [1.54, 1.807) is 14.2 Å². The molecule has 6 heteroatoms. The first-order chi connectivity index (χ1) is 8.15. The fourth-order valence-electron chi connectivity index (χ4n) is 1.75. The Morgan fingerprint density at radius 1 is 1.35 bits per heavy atom. The number of nitrogens with two attached hydrogens (primary N) is 1. The quantitative estimate of drug-likeness (QED) is 0.773. The second kappa shape index (κ2) is 6.68. The first-order valence-electron chi connectivity index (χ1n) is 5.81. The van der Waals surface area contributed by atoms with Crippen LogP contribution in [0.1, 0.15) is 43.8 Å². The average molecular weight is 242 g/mol. The molecule has 98 valence electrons. The Bertz CT molecular complexity index is 340. The van der Waals surface area contributed by atoms with Crippen molar-refractivity contribution in [3.8, 4) is 0 Å². The van der Waals surface area contributed by atoms with E-state index in [-0.39, 0.29) is 12.1 Å². The normalized spacial score (nSPS) is 14.9. The Morgan fingerprint density at radius 2 is 2.06 bits per heavy atom. The molecule has 0 fully saturated rings. The molecule has 17 heavy (non-hydrogen) atoms. The predicted octanol–water partition coefficient (Wildman–Crippen LogP) is 1.04. The van der Waals surface area contributed by atoms with Crippen LogP contribution in [0.2, 0.25) is 0 Å². The Labute approximate surface area is 102 Å². The second-order valence-electron chi connectivity index (χ2n) is 4.08. The van der Waals surface area contributed by atoms with Crippen LogP contribution in [0.15, 0.2) is 0 Å². The van der Waals surface area contributed by atoms with Crippen LogP contribution in [0, 0.1) is 0 Å². The molecule has 0 aliphatic heterocycles. The van der Waals surface area contributed by atoms with Gasteiger partial charge in [0.1, 0.15) is 5.69 Å². The fourth-order valence-corrected chi connectivity index (χ4v) is 1.75. The summed E-state index contributed by atoms with van der Waals surface area (Å²) in [5, 5.41) is 8.26. The summed E-state index contributed by atoms with van der Waals surface area (Å²) >= 11 is 0. The maximum Gasteiger partial charge on any atom is 0.102 e. The maximum atomic E-state index is 5.66. The molecular weight excluding hydrogens is 220 g/mol. The van der Waals surface area contributed by atoms with E-state index < -0.39 is 0 Å². The summed E-state index contributed by atoms with van der Waals surface area (Å²) in [6.07, 6.45) is 0.821. The van der Waals surface area contributed by atoms with E-state index in [9.17, 15) is 0 Å². The van der Waals surface area contributed by atoms with Crippen LogP contribution in [-0.2, 0) is 16.0 Å². The molecule has 0 saturated heterocycles. The van der Waals surface area contributed by atoms with Gasteiger partial charge in [-0.25, -0.2) is 4.68 Å². The first kappa shape index (κ1) is 14.1. The van der Waals surface area contributed by atoms with Crippen molar-refractivity contribution in [1.29, 1.82) is 0 Å². The molecule has 0 spiro atoms. The number of aromatic nitrogens is 3. The van der Waals surface area contributed by atoms with Crippen LogP contribution in [0.4, 0.5) is 0 Å². The largest absolute Gasteiger partial charge is 0.385 e. The van der Waals surface area contributed by atoms with Crippen molar-refractivity contribution in [1.82, 2.24) is 15.0 Å². The molecule has 2 atom stereocenters. The molecule has 2 N–H and O–H groups in total. The van der Waals surface area contributed by atoms with Crippen molar-refractivity contribution in [2.75, 3.05) is 20.8 Å². The van der Waals surface area contributed by atoms with Gasteiger partial charge in [0, 0.05) is 27.4 Å². The van der Waals surface area contributed by atoms with Gasteiger partial charge in [-0.2, -0.15) is 0 Å². The molecule has 0 aliphatic carbocycles. The van der Waals surface area contributed by atoms with Gasteiger partial charge in [0.05, 0.1) is 17.8 Å². The minimum atomic E-state index is -0.0615. The number of hydrogen-bond donors (Lipinski definition) is 1. The standard InChI is InChI=1S/C11H22N4O2/c1-8(5-6-16-3)15-11(9(2)17-4)10(7-12)13-14-15/h8-9H,5-7,12H2,1-4H3. The highest BCUT2D eigenvalue weighted by Crippen LogP contribution is 2.23. The smallest absolute Gasteiger partial charge is 0.102 e. The van der Waals surface area contributed by atoms with Gasteiger partial charge in [-0.1, -0.05) is 5.21 Å². The highest BCUT2D eigenvalue weighted by Gasteiger charge is 2.20. The molecule has 1 aromatic rings. The van der Waals surface area contributed by atoms with E-state index in [1.165, 1.54) is 0 Å². The summed E-state index contributed by atoms with van der Waals surface area (Å²) in [5.41, 5.74) is 7.41. The van der Waals surface area contributed by atoms with Gasteiger partial charge in [0.2, 0.25) is 0 Å². The minimum Gasteiger partial charge on any atom is -0.385 e. The lowest BCUT2D eigenvalue weighted by Crippen LogP contribution is -2.16. The van der Waals surface area contributed by atoms with Crippen molar-refractivity contribution in [3.05, 3.63) is 11.4 Å². The molecule has 1 aromatic heterocycles. The maximum absolute atomic E-state index is 5.66. The molecule has 0 saturated carbocycles. The fraction of sp³-hybridized carbons (Fsp3) is 0.818. The summed E-state index contributed by atoms with van der Waals surface area (Å²) in [4.78, 5) is 0. The lowest BCUT2D eigenvalue weighted by Gasteiger charge is -2.18. The van der Waals surface area contributed by atoms with E-state index in [1.807, 2.05) is 11.6 Å². The average Bonchev–Trinajstić information content (AvgIpc) is 2.78. The van der Waals surface area contributed by atoms with E-state index in [0.717, 1.165) is 17.8 Å². The highest BCUT2D eigenvalue weighted by molar-refractivity contribution is 5.13. The first-order valence-corrected chi connectivity index (χ1v) is 5.81. The van der Waals surface area contributed by atoms with Gasteiger partial charge in [-0.15, -0.1) is 5.10 Å². The lowest BCUT2D eigenvalue weighted by atomic mass is 10.2. The van der Waals surface area contributed by atoms with Crippen LogP contribution >= 0.6 is 0 Å². The van der Waals surface area contributed by atoms with Crippen molar-refractivity contribution in [3.63, 3.8) is 0 Å². The summed E-state index contributed by atoms with van der Waals surface area (Å²) in [6.45, 7) is 5.12.